The maximum atomic E-state index is 10.8. The number of aromatic nitrogens is 3. The average molecular weight is 374 g/mol. The lowest BCUT2D eigenvalue weighted by Crippen LogP contribution is -1.92. The van der Waals surface area contributed by atoms with Crippen LogP contribution in [0.2, 0.25) is 0 Å². The molecule has 0 bridgehead atoms. The Morgan fingerprint density at radius 3 is 2.44 bits per heavy atom. The number of non-ortho nitro benzene ring substituents is 1. The molecule has 0 atom stereocenters. The van der Waals surface area contributed by atoms with E-state index in [1.807, 2.05) is 35.7 Å². The Morgan fingerprint density at radius 1 is 0.889 bits per heavy atom. The predicted molar refractivity (Wildman–Crippen MR) is 104 cm³/mol. The van der Waals surface area contributed by atoms with Gasteiger partial charge in [0.25, 0.3) is 5.69 Å². The zero-order valence-corrected chi connectivity index (χ0v) is 15.0. The van der Waals surface area contributed by atoms with Gasteiger partial charge in [-0.25, -0.2) is 4.98 Å². The van der Waals surface area contributed by atoms with E-state index in [9.17, 15) is 10.1 Å². The Morgan fingerprint density at radius 2 is 1.70 bits per heavy atom. The van der Waals surface area contributed by atoms with Crippen LogP contribution >= 0.6 is 11.3 Å². The summed E-state index contributed by atoms with van der Waals surface area (Å²) < 4.78 is 0. The van der Waals surface area contributed by atoms with E-state index in [1.165, 1.54) is 23.5 Å². The lowest BCUT2D eigenvalue weighted by molar-refractivity contribution is -0.384. The van der Waals surface area contributed by atoms with Crippen molar-refractivity contribution in [2.75, 3.05) is 0 Å². The van der Waals surface area contributed by atoms with Crippen LogP contribution in [0.1, 0.15) is 11.1 Å². The van der Waals surface area contributed by atoms with Gasteiger partial charge < -0.3 is 0 Å². The molecule has 0 saturated heterocycles. The van der Waals surface area contributed by atoms with E-state index in [4.69, 9.17) is 0 Å². The maximum Gasteiger partial charge on any atom is 0.269 e. The molecule has 3 aromatic heterocycles. The van der Waals surface area contributed by atoms with Gasteiger partial charge in [-0.2, -0.15) is 0 Å². The zero-order valence-electron chi connectivity index (χ0n) is 14.1. The van der Waals surface area contributed by atoms with Gasteiger partial charge in [0, 0.05) is 29.9 Å². The monoisotopic (exact) mass is 374 g/mol. The van der Waals surface area contributed by atoms with Gasteiger partial charge in [-0.05, 0) is 41.8 Å². The van der Waals surface area contributed by atoms with Crippen molar-refractivity contribution in [2.45, 2.75) is 6.42 Å². The third-order valence-electron chi connectivity index (χ3n) is 4.03. The number of nitro benzene ring substituents is 1. The molecule has 27 heavy (non-hydrogen) atoms. The van der Waals surface area contributed by atoms with Crippen molar-refractivity contribution >= 4 is 17.0 Å². The Labute approximate surface area is 159 Å². The minimum absolute atomic E-state index is 0.0963. The fraction of sp³-hybridized carbons (Fsp3) is 0.0500. The molecule has 0 aliphatic carbocycles. The number of rotatable bonds is 5. The number of benzene rings is 1. The highest BCUT2D eigenvalue weighted by molar-refractivity contribution is 7.13. The molecule has 0 fully saturated rings. The van der Waals surface area contributed by atoms with Crippen LogP contribution in [0.4, 0.5) is 5.69 Å². The minimum Gasteiger partial charge on any atom is -0.258 e. The summed E-state index contributed by atoms with van der Waals surface area (Å²) in [6, 6.07) is 16.3. The van der Waals surface area contributed by atoms with Crippen LogP contribution in [0.5, 0.6) is 0 Å². The maximum absolute atomic E-state index is 10.8. The molecule has 132 valence electrons. The molecule has 3 heterocycles. The molecule has 7 heteroatoms. The molecular weight excluding hydrogens is 360 g/mol. The van der Waals surface area contributed by atoms with Crippen LogP contribution in [0.25, 0.3) is 22.1 Å². The molecule has 0 saturated carbocycles. The Bertz CT molecular complexity index is 1080. The summed E-state index contributed by atoms with van der Waals surface area (Å²) in [4.78, 5) is 23.8. The van der Waals surface area contributed by atoms with E-state index in [0.717, 1.165) is 33.2 Å². The van der Waals surface area contributed by atoms with Gasteiger partial charge in [0.2, 0.25) is 0 Å². The van der Waals surface area contributed by atoms with E-state index >= 15 is 0 Å². The highest BCUT2D eigenvalue weighted by Crippen LogP contribution is 2.27. The van der Waals surface area contributed by atoms with Gasteiger partial charge in [0.1, 0.15) is 10.7 Å². The molecule has 0 unspecified atom stereocenters. The van der Waals surface area contributed by atoms with Crippen LogP contribution in [0.3, 0.4) is 0 Å². The second-order valence-electron chi connectivity index (χ2n) is 5.90. The van der Waals surface area contributed by atoms with Gasteiger partial charge in [-0.15, -0.1) is 11.3 Å². The van der Waals surface area contributed by atoms with Crippen molar-refractivity contribution in [1.29, 1.82) is 0 Å². The lowest BCUT2D eigenvalue weighted by atomic mass is 10.1. The van der Waals surface area contributed by atoms with Crippen molar-refractivity contribution in [1.82, 2.24) is 15.0 Å². The summed E-state index contributed by atoms with van der Waals surface area (Å²) in [5, 5.41) is 13.6. The summed E-state index contributed by atoms with van der Waals surface area (Å²) in [6.07, 6.45) is 4.18. The first-order valence-electron chi connectivity index (χ1n) is 8.24. The van der Waals surface area contributed by atoms with Crippen molar-refractivity contribution < 1.29 is 4.92 Å². The first-order chi connectivity index (χ1) is 13.2. The highest BCUT2D eigenvalue weighted by atomic mass is 32.1. The van der Waals surface area contributed by atoms with Gasteiger partial charge in [-0.1, -0.05) is 18.2 Å². The normalized spacial score (nSPS) is 10.7. The van der Waals surface area contributed by atoms with Gasteiger partial charge in [0.15, 0.2) is 0 Å². The Balaban J connectivity index is 1.56. The molecule has 0 radical (unpaired) electrons. The summed E-state index contributed by atoms with van der Waals surface area (Å²) in [5.74, 6) is 0. The predicted octanol–water partition coefficient (Wildman–Crippen LogP) is 4.77. The van der Waals surface area contributed by atoms with Gasteiger partial charge >= 0.3 is 0 Å². The smallest absolute Gasteiger partial charge is 0.258 e. The Hall–Kier alpha value is -3.45. The van der Waals surface area contributed by atoms with Crippen molar-refractivity contribution in [2.24, 2.45) is 0 Å². The van der Waals surface area contributed by atoms with E-state index in [-0.39, 0.29) is 5.69 Å². The molecule has 1 aromatic carbocycles. The molecule has 6 nitrogen and oxygen atoms in total. The van der Waals surface area contributed by atoms with Gasteiger partial charge in [0.05, 0.1) is 16.3 Å². The second kappa shape index (κ2) is 7.43. The minimum atomic E-state index is -0.393. The third kappa shape index (κ3) is 3.88. The molecule has 0 amide bonds. The molecule has 0 aliphatic heterocycles. The zero-order chi connectivity index (χ0) is 18.6. The summed E-state index contributed by atoms with van der Waals surface area (Å²) in [5.41, 5.74) is 4.65. The first kappa shape index (κ1) is 17.0. The molecule has 0 spiro atoms. The highest BCUT2D eigenvalue weighted by Gasteiger charge is 2.10. The molecular formula is C20H14N4O2S. The summed E-state index contributed by atoms with van der Waals surface area (Å²) >= 11 is 1.53. The van der Waals surface area contributed by atoms with Crippen LogP contribution < -0.4 is 0 Å². The standard InChI is InChI=1S/C20H14N4O2S/c25-24(26)16-6-4-14(5-7-16)11-15-8-10-22-18(12-15)20-23-19(13-27-20)17-3-1-2-9-21-17/h1-10,12-13H,11H2. The van der Waals surface area contributed by atoms with Gasteiger partial charge in [-0.3, -0.25) is 20.1 Å². The number of hydrogen-bond acceptors (Lipinski definition) is 6. The van der Waals surface area contributed by atoms with E-state index in [1.54, 1.807) is 24.5 Å². The number of nitrogens with zero attached hydrogens (tertiary/aromatic N) is 4. The lowest BCUT2D eigenvalue weighted by Gasteiger charge is -2.03. The van der Waals surface area contributed by atoms with Crippen molar-refractivity contribution in [3.63, 3.8) is 0 Å². The molecule has 4 rings (SSSR count). The fourth-order valence-corrected chi connectivity index (χ4v) is 3.48. The fourth-order valence-electron chi connectivity index (χ4n) is 2.70. The van der Waals surface area contributed by atoms with Crippen LogP contribution in [-0.4, -0.2) is 19.9 Å². The van der Waals surface area contributed by atoms with Crippen molar-refractivity contribution in [3.05, 3.63) is 93.6 Å². The summed E-state index contributed by atoms with van der Waals surface area (Å²) in [7, 11) is 0. The number of hydrogen-bond donors (Lipinski definition) is 0. The van der Waals surface area contributed by atoms with Crippen LogP contribution in [0.15, 0.2) is 72.4 Å². The number of nitro groups is 1. The first-order valence-corrected chi connectivity index (χ1v) is 9.12. The SMILES string of the molecule is O=[N+]([O-])c1ccc(Cc2ccnc(-c3nc(-c4ccccn4)cs3)c2)cc1. The third-order valence-corrected chi connectivity index (χ3v) is 4.90. The van der Waals surface area contributed by atoms with E-state index in [0.29, 0.717) is 6.42 Å². The second-order valence-corrected chi connectivity index (χ2v) is 6.76. The van der Waals surface area contributed by atoms with Crippen LogP contribution in [-0.2, 0) is 6.42 Å². The average Bonchev–Trinajstić information content (AvgIpc) is 3.20. The molecule has 0 aliphatic rings. The molecule has 4 aromatic rings. The van der Waals surface area contributed by atoms with Crippen molar-refractivity contribution in [3.8, 4) is 22.1 Å². The largest absolute Gasteiger partial charge is 0.269 e. The van der Waals surface area contributed by atoms with E-state index < -0.39 is 4.92 Å². The quantitative estimate of drug-likeness (QED) is 0.371. The number of pyridine rings is 2. The topological polar surface area (TPSA) is 81.8 Å². The summed E-state index contributed by atoms with van der Waals surface area (Å²) in [6.45, 7) is 0. The van der Waals surface area contributed by atoms with Crippen LogP contribution in [0, 0.1) is 10.1 Å². The Kier molecular flexibility index (Phi) is 4.67. The van der Waals surface area contributed by atoms with E-state index in [2.05, 4.69) is 15.0 Å². The number of thiazole rings is 1. The molecule has 0 N–H and O–H groups in total.